The second-order valence-corrected chi connectivity index (χ2v) is 5.37. The lowest BCUT2D eigenvalue weighted by Crippen LogP contribution is -2.55. The second-order valence-electron chi connectivity index (χ2n) is 2.76. The highest BCUT2D eigenvalue weighted by Crippen LogP contribution is 2.45. The predicted octanol–water partition coefficient (Wildman–Crippen LogP) is 2.72. The summed E-state index contributed by atoms with van der Waals surface area (Å²) in [6.45, 7) is 0. The molecule has 0 fully saturated rings. The van der Waals surface area contributed by atoms with E-state index in [2.05, 4.69) is 10.7 Å². The molecule has 12 heteroatoms. The Labute approximate surface area is 94.0 Å². The zero-order chi connectivity index (χ0) is 14.2. The Morgan fingerprint density at radius 2 is 1.29 bits per heavy atom. The first-order valence-corrected chi connectivity index (χ1v) is 5.84. The maximum Gasteiger partial charge on any atom is 0.424 e. The van der Waals surface area contributed by atoms with Crippen molar-refractivity contribution in [3.05, 3.63) is 0 Å². The molecular formula is C5H3ClF8O2S. The minimum atomic E-state index is -6.33. The average molecular weight is 315 g/mol. The molecule has 0 amide bonds. The Bertz CT molecular complexity index is 368. The van der Waals surface area contributed by atoms with Gasteiger partial charge in [0.25, 0.3) is 6.43 Å². The van der Waals surface area contributed by atoms with Crippen LogP contribution in [0.2, 0.25) is 0 Å². The second kappa shape index (κ2) is 4.75. The van der Waals surface area contributed by atoms with Crippen LogP contribution < -0.4 is 0 Å². The summed E-state index contributed by atoms with van der Waals surface area (Å²) in [5.74, 6) is -6.23. The van der Waals surface area contributed by atoms with Gasteiger partial charge in [0.2, 0.25) is 6.17 Å². The molecule has 17 heavy (non-hydrogen) atoms. The van der Waals surface area contributed by atoms with Crippen LogP contribution in [0.15, 0.2) is 0 Å². The first kappa shape index (κ1) is 16.7. The lowest BCUT2D eigenvalue weighted by molar-refractivity contribution is -0.215. The standard InChI is InChI=1S/C5H3ClF8O2S/c6-17(15,16)5(13,14)4(11,12)2(8)1(7)3(9)10/h1-3H. The molecule has 0 bridgehead atoms. The molecule has 0 radical (unpaired) electrons. The largest absolute Gasteiger partial charge is 0.424 e. The van der Waals surface area contributed by atoms with Gasteiger partial charge in [0.15, 0.2) is 6.17 Å². The molecule has 2 unspecified atom stereocenters. The highest BCUT2D eigenvalue weighted by molar-refractivity contribution is 8.14. The van der Waals surface area contributed by atoms with Gasteiger partial charge in [0.1, 0.15) is 0 Å². The van der Waals surface area contributed by atoms with Crippen molar-refractivity contribution in [2.45, 2.75) is 29.9 Å². The Morgan fingerprint density at radius 3 is 1.53 bits per heavy atom. The Kier molecular flexibility index (Phi) is 4.66. The number of hydrogen-bond donors (Lipinski definition) is 0. The van der Waals surface area contributed by atoms with Gasteiger partial charge in [-0.15, -0.1) is 0 Å². The number of alkyl halides is 8. The molecule has 0 aliphatic heterocycles. The van der Waals surface area contributed by atoms with Crippen molar-refractivity contribution in [3.63, 3.8) is 0 Å². The van der Waals surface area contributed by atoms with E-state index in [0.717, 1.165) is 0 Å². The van der Waals surface area contributed by atoms with Crippen LogP contribution in [-0.2, 0) is 9.05 Å². The molecule has 0 aliphatic carbocycles. The summed E-state index contributed by atoms with van der Waals surface area (Å²) in [4.78, 5) is 0. The minimum absolute atomic E-state index is 3.90. The molecule has 0 rings (SSSR count). The Morgan fingerprint density at radius 1 is 0.941 bits per heavy atom. The number of halogens is 9. The van der Waals surface area contributed by atoms with Crippen LogP contribution in [0.3, 0.4) is 0 Å². The minimum Gasteiger partial charge on any atom is -0.238 e. The van der Waals surface area contributed by atoms with Crippen molar-refractivity contribution >= 4 is 19.7 Å². The zero-order valence-electron chi connectivity index (χ0n) is 7.36. The van der Waals surface area contributed by atoms with E-state index in [1.807, 2.05) is 0 Å². The molecule has 2 atom stereocenters. The van der Waals surface area contributed by atoms with Crippen molar-refractivity contribution < 1.29 is 43.5 Å². The van der Waals surface area contributed by atoms with Gasteiger partial charge in [-0.3, -0.25) is 0 Å². The molecule has 0 aromatic heterocycles. The van der Waals surface area contributed by atoms with E-state index in [9.17, 15) is 43.5 Å². The average Bonchev–Trinajstić information content (AvgIpc) is 2.13. The van der Waals surface area contributed by atoms with Gasteiger partial charge < -0.3 is 0 Å². The number of hydrogen-bond acceptors (Lipinski definition) is 2. The van der Waals surface area contributed by atoms with Gasteiger partial charge in [-0.05, 0) is 0 Å². The summed E-state index contributed by atoms with van der Waals surface area (Å²) in [7, 11) is -2.42. The van der Waals surface area contributed by atoms with Crippen molar-refractivity contribution in [1.29, 1.82) is 0 Å². The van der Waals surface area contributed by atoms with E-state index < -0.39 is 39.0 Å². The lowest BCUT2D eigenvalue weighted by Gasteiger charge is -2.27. The maximum absolute atomic E-state index is 12.5. The monoisotopic (exact) mass is 314 g/mol. The summed E-state index contributed by atoms with van der Waals surface area (Å²) in [5.41, 5.74) is 0. The third-order valence-corrected chi connectivity index (χ3v) is 3.03. The molecule has 2 nitrogen and oxygen atoms in total. The SMILES string of the molecule is O=S(=O)(Cl)C(F)(F)C(F)(F)C(F)C(F)C(F)F. The summed E-state index contributed by atoms with van der Waals surface area (Å²) in [6, 6.07) is 0. The van der Waals surface area contributed by atoms with E-state index in [-0.39, 0.29) is 0 Å². The molecule has 0 aromatic rings. The van der Waals surface area contributed by atoms with E-state index >= 15 is 0 Å². The van der Waals surface area contributed by atoms with E-state index in [1.54, 1.807) is 0 Å². The Hall–Kier alpha value is -0.320. The fraction of sp³-hybridized carbons (Fsp3) is 1.00. The van der Waals surface area contributed by atoms with Crippen LogP contribution in [-0.4, -0.2) is 38.4 Å². The molecule has 0 aromatic carbocycles. The molecular weight excluding hydrogens is 312 g/mol. The molecule has 0 saturated carbocycles. The van der Waals surface area contributed by atoms with Gasteiger partial charge >= 0.3 is 20.2 Å². The smallest absolute Gasteiger partial charge is 0.238 e. The van der Waals surface area contributed by atoms with Gasteiger partial charge in [-0.2, -0.15) is 17.6 Å². The molecule has 104 valence electrons. The predicted molar refractivity (Wildman–Crippen MR) is 40.5 cm³/mol. The molecule has 0 N–H and O–H groups in total. The summed E-state index contributed by atoms with van der Waals surface area (Å²) in [5, 5.41) is -6.22. The summed E-state index contributed by atoms with van der Waals surface area (Å²) in [6.07, 6.45) is -13.3. The quantitative estimate of drug-likeness (QED) is 0.577. The van der Waals surface area contributed by atoms with Crippen LogP contribution >= 0.6 is 10.7 Å². The lowest BCUT2D eigenvalue weighted by atomic mass is 10.1. The number of rotatable bonds is 5. The van der Waals surface area contributed by atoms with E-state index in [0.29, 0.717) is 0 Å². The molecule has 0 saturated heterocycles. The zero-order valence-corrected chi connectivity index (χ0v) is 8.93. The van der Waals surface area contributed by atoms with E-state index in [4.69, 9.17) is 0 Å². The summed E-state index contributed by atoms with van der Waals surface area (Å²) >= 11 is 0. The third-order valence-electron chi connectivity index (χ3n) is 1.56. The highest BCUT2D eigenvalue weighted by Gasteiger charge is 2.71. The van der Waals surface area contributed by atoms with Crippen LogP contribution in [0.1, 0.15) is 0 Å². The molecule has 0 heterocycles. The van der Waals surface area contributed by atoms with Gasteiger partial charge in [-0.25, -0.2) is 26.0 Å². The van der Waals surface area contributed by atoms with Crippen LogP contribution in [0.25, 0.3) is 0 Å². The van der Waals surface area contributed by atoms with Crippen molar-refractivity contribution in [2.24, 2.45) is 0 Å². The van der Waals surface area contributed by atoms with Gasteiger partial charge in [0, 0.05) is 10.7 Å². The van der Waals surface area contributed by atoms with Crippen LogP contribution in [0.5, 0.6) is 0 Å². The highest BCUT2D eigenvalue weighted by atomic mass is 35.7. The molecule has 0 aliphatic rings. The van der Waals surface area contributed by atoms with Crippen molar-refractivity contribution in [3.8, 4) is 0 Å². The summed E-state index contributed by atoms with van der Waals surface area (Å²) < 4.78 is 118. The normalized spacial score (nSPS) is 18.2. The maximum atomic E-state index is 12.5. The molecule has 0 spiro atoms. The van der Waals surface area contributed by atoms with Gasteiger partial charge in [0.05, 0.1) is 0 Å². The van der Waals surface area contributed by atoms with Crippen LogP contribution in [0, 0.1) is 0 Å². The fourth-order valence-electron chi connectivity index (χ4n) is 0.651. The Balaban J connectivity index is 5.42. The first-order valence-electron chi connectivity index (χ1n) is 3.53. The topological polar surface area (TPSA) is 34.1 Å². The van der Waals surface area contributed by atoms with E-state index in [1.165, 1.54) is 0 Å². The third kappa shape index (κ3) is 2.92. The van der Waals surface area contributed by atoms with Crippen LogP contribution in [0.4, 0.5) is 35.1 Å². The van der Waals surface area contributed by atoms with Crippen molar-refractivity contribution in [2.75, 3.05) is 0 Å². The van der Waals surface area contributed by atoms with Crippen molar-refractivity contribution in [1.82, 2.24) is 0 Å². The van der Waals surface area contributed by atoms with Gasteiger partial charge in [-0.1, -0.05) is 0 Å². The first-order chi connectivity index (χ1) is 7.26. The fourth-order valence-corrected chi connectivity index (χ4v) is 1.40.